The second kappa shape index (κ2) is 6.80. The van der Waals surface area contributed by atoms with E-state index in [9.17, 15) is 8.42 Å². The van der Waals surface area contributed by atoms with Crippen LogP contribution in [0.4, 0.5) is 5.82 Å². The van der Waals surface area contributed by atoms with Crippen molar-refractivity contribution in [1.82, 2.24) is 19.4 Å². The summed E-state index contributed by atoms with van der Waals surface area (Å²) < 4.78 is 28.5. The number of aromatic nitrogens is 3. The van der Waals surface area contributed by atoms with E-state index in [4.69, 9.17) is 0 Å². The van der Waals surface area contributed by atoms with E-state index in [1.807, 2.05) is 50.0 Å². The van der Waals surface area contributed by atoms with Gasteiger partial charge in [0.25, 0.3) is 0 Å². The van der Waals surface area contributed by atoms with Crippen LogP contribution in [0.3, 0.4) is 0 Å². The summed E-state index contributed by atoms with van der Waals surface area (Å²) >= 11 is 0. The van der Waals surface area contributed by atoms with Gasteiger partial charge in [-0.15, -0.1) is 0 Å². The predicted molar refractivity (Wildman–Crippen MR) is 100 cm³/mol. The van der Waals surface area contributed by atoms with Crippen molar-refractivity contribution < 1.29 is 8.42 Å². The number of hydrogen-bond donors (Lipinski definition) is 1. The van der Waals surface area contributed by atoms with E-state index in [-0.39, 0.29) is 17.8 Å². The third-order valence-electron chi connectivity index (χ3n) is 4.69. The molecule has 0 aliphatic heterocycles. The lowest BCUT2D eigenvalue weighted by atomic mass is 9.86. The number of nitrogens with zero attached hydrogens (tertiary/aromatic N) is 5. The highest BCUT2D eigenvalue weighted by Crippen LogP contribution is 2.31. The summed E-state index contributed by atoms with van der Waals surface area (Å²) in [6, 6.07) is 2.31. The van der Waals surface area contributed by atoms with E-state index in [1.54, 1.807) is 6.33 Å². The number of nitrogens with one attached hydrogen (secondary N) is 1. The van der Waals surface area contributed by atoms with E-state index in [0.29, 0.717) is 6.42 Å². The van der Waals surface area contributed by atoms with Gasteiger partial charge in [0, 0.05) is 39.4 Å². The fraction of sp³-hybridized carbons (Fsp3) is 0.625. The first kappa shape index (κ1) is 17.9. The van der Waals surface area contributed by atoms with Crippen molar-refractivity contribution in [3.05, 3.63) is 18.6 Å². The van der Waals surface area contributed by atoms with Crippen molar-refractivity contribution in [3.63, 3.8) is 0 Å². The van der Waals surface area contributed by atoms with Gasteiger partial charge in [-0.1, -0.05) is 6.92 Å². The molecule has 0 atom stereocenters. The molecule has 1 saturated carbocycles. The molecule has 2 aromatic heterocycles. The summed E-state index contributed by atoms with van der Waals surface area (Å²) in [5.74, 6) is 1.07. The fourth-order valence-corrected chi connectivity index (χ4v) is 4.64. The maximum Gasteiger partial charge on any atom is 0.211 e. The molecule has 0 saturated heterocycles. The minimum Gasteiger partial charge on any atom is -0.356 e. The van der Waals surface area contributed by atoms with E-state index in [0.717, 1.165) is 29.7 Å². The Labute approximate surface area is 148 Å². The second-order valence-electron chi connectivity index (χ2n) is 6.81. The van der Waals surface area contributed by atoms with E-state index >= 15 is 0 Å². The molecule has 0 radical (unpaired) electrons. The average Bonchev–Trinajstić information content (AvgIpc) is 2.94. The lowest BCUT2D eigenvalue weighted by molar-refractivity contribution is 0.316. The highest BCUT2D eigenvalue weighted by molar-refractivity contribution is 7.89. The summed E-state index contributed by atoms with van der Waals surface area (Å²) in [4.78, 5) is 11.0. The average molecular weight is 366 g/mol. The summed E-state index contributed by atoms with van der Waals surface area (Å²) in [5, 5.41) is 2.95. The number of sulfonamides is 1. The Morgan fingerprint density at radius 2 is 2.00 bits per heavy atom. The van der Waals surface area contributed by atoms with Gasteiger partial charge in [-0.2, -0.15) is 0 Å². The molecule has 0 amide bonds. The van der Waals surface area contributed by atoms with Crippen LogP contribution >= 0.6 is 0 Å². The van der Waals surface area contributed by atoms with Crippen molar-refractivity contribution in [1.29, 1.82) is 0 Å². The van der Waals surface area contributed by atoms with Crippen molar-refractivity contribution in [2.45, 2.75) is 38.3 Å². The molecular weight excluding hydrogens is 340 g/mol. The third kappa shape index (κ3) is 3.57. The quantitative estimate of drug-likeness (QED) is 0.785. The van der Waals surface area contributed by atoms with Gasteiger partial charge in [-0.05, 0) is 25.3 Å². The number of fused-ring (bicyclic) bond motifs is 1. The van der Waals surface area contributed by atoms with Crippen molar-refractivity contribution >= 4 is 26.9 Å². The Hall–Kier alpha value is -1.87. The van der Waals surface area contributed by atoms with Crippen LogP contribution in [0.5, 0.6) is 0 Å². The lowest BCUT2D eigenvalue weighted by Gasteiger charge is -2.41. The summed E-state index contributed by atoms with van der Waals surface area (Å²) in [6.07, 6.45) is 5.76. The molecule has 1 aliphatic rings. The molecule has 1 fully saturated rings. The molecule has 2 aromatic rings. The molecular formula is C16H26N6O2S. The summed E-state index contributed by atoms with van der Waals surface area (Å²) in [6.45, 7) is 1.87. The van der Waals surface area contributed by atoms with Gasteiger partial charge in [0.05, 0.1) is 11.1 Å². The summed E-state index contributed by atoms with van der Waals surface area (Å²) in [7, 11) is 2.79. The molecule has 8 nitrogen and oxygen atoms in total. The predicted octanol–water partition coefficient (Wildman–Crippen LogP) is 0.925. The Balaban J connectivity index is 1.71. The standard InChI is InChI=1S/C16H26N6O2S/c1-5-8-25(23,24)19-12-9-13(10-12)21(4)15-14-6-7-22(20(2)3)16(14)18-11-17-15/h6-7,11-13,19H,5,8-10H2,1-4H3/t12-,13+. The van der Waals surface area contributed by atoms with Crippen LogP contribution in [0.1, 0.15) is 26.2 Å². The van der Waals surface area contributed by atoms with Gasteiger partial charge in [0.15, 0.2) is 5.65 Å². The molecule has 25 heavy (non-hydrogen) atoms. The minimum absolute atomic E-state index is 0.0210. The molecule has 0 spiro atoms. The maximum absolute atomic E-state index is 11.9. The molecule has 138 valence electrons. The Morgan fingerprint density at radius 1 is 1.28 bits per heavy atom. The minimum atomic E-state index is -3.15. The van der Waals surface area contributed by atoms with Crippen LogP contribution in [0.2, 0.25) is 0 Å². The SMILES string of the molecule is CCCS(=O)(=O)N[C@H]1C[C@@H](N(C)c2ncnc3c2ccn3N(C)C)C1. The van der Waals surface area contributed by atoms with Crippen LogP contribution in [0.25, 0.3) is 11.0 Å². The normalized spacial score (nSPS) is 20.5. The number of hydrogen-bond acceptors (Lipinski definition) is 6. The van der Waals surface area contributed by atoms with Gasteiger partial charge in [0.2, 0.25) is 10.0 Å². The van der Waals surface area contributed by atoms with Gasteiger partial charge in [0.1, 0.15) is 12.1 Å². The van der Waals surface area contributed by atoms with Crippen molar-refractivity contribution in [2.75, 3.05) is 36.8 Å². The van der Waals surface area contributed by atoms with Gasteiger partial charge in [-0.25, -0.2) is 27.8 Å². The van der Waals surface area contributed by atoms with E-state index in [1.165, 1.54) is 0 Å². The maximum atomic E-state index is 11.9. The van der Waals surface area contributed by atoms with Crippen LogP contribution < -0.4 is 14.6 Å². The second-order valence-corrected chi connectivity index (χ2v) is 8.69. The highest BCUT2D eigenvalue weighted by Gasteiger charge is 2.35. The Kier molecular flexibility index (Phi) is 4.88. The number of rotatable bonds is 7. The van der Waals surface area contributed by atoms with E-state index in [2.05, 4.69) is 19.6 Å². The van der Waals surface area contributed by atoms with Crippen LogP contribution in [0.15, 0.2) is 18.6 Å². The van der Waals surface area contributed by atoms with Crippen LogP contribution in [-0.2, 0) is 10.0 Å². The first-order valence-corrected chi connectivity index (χ1v) is 10.2. The van der Waals surface area contributed by atoms with Gasteiger partial charge >= 0.3 is 0 Å². The van der Waals surface area contributed by atoms with Crippen LogP contribution in [-0.4, -0.2) is 62.0 Å². The molecule has 2 heterocycles. The lowest BCUT2D eigenvalue weighted by Crippen LogP contribution is -2.53. The van der Waals surface area contributed by atoms with Crippen molar-refractivity contribution in [2.24, 2.45) is 0 Å². The molecule has 9 heteroatoms. The monoisotopic (exact) mass is 366 g/mol. The first-order valence-electron chi connectivity index (χ1n) is 8.55. The third-order valence-corrected chi connectivity index (χ3v) is 6.32. The summed E-state index contributed by atoms with van der Waals surface area (Å²) in [5.41, 5.74) is 0.862. The molecule has 0 bridgehead atoms. The zero-order valence-electron chi connectivity index (χ0n) is 15.2. The molecule has 3 rings (SSSR count). The molecule has 0 aromatic carbocycles. The number of anilines is 1. The van der Waals surface area contributed by atoms with Crippen LogP contribution in [0, 0.1) is 0 Å². The fourth-order valence-electron chi connectivity index (χ4n) is 3.28. The highest BCUT2D eigenvalue weighted by atomic mass is 32.2. The molecule has 1 N–H and O–H groups in total. The van der Waals surface area contributed by atoms with Gasteiger partial charge < -0.3 is 9.91 Å². The topological polar surface area (TPSA) is 83.4 Å². The van der Waals surface area contributed by atoms with Crippen molar-refractivity contribution in [3.8, 4) is 0 Å². The smallest absolute Gasteiger partial charge is 0.211 e. The Bertz CT molecular complexity index is 841. The molecule has 0 unspecified atom stereocenters. The van der Waals surface area contributed by atoms with E-state index < -0.39 is 10.0 Å². The first-order chi connectivity index (χ1) is 11.8. The molecule has 1 aliphatic carbocycles. The zero-order chi connectivity index (χ0) is 18.2. The zero-order valence-corrected chi connectivity index (χ0v) is 16.0. The Morgan fingerprint density at radius 3 is 2.64 bits per heavy atom. The largest absolute Gasteiger partial charge is 0.356 e. The van der Waals surface area contributed by atoms with Gasteiger partial charge in [-0.3, -0.25) is 0 Å².